The summed E-state index contributed by atoms with van der Waals surface area (Å²) in [6.07, 6.45) is 2.72. The second-order valence-electron chi connectivity index (χ2n) is 7.46. The number of hydrogen-bond acceptors (Lipinski definition) is 9. The molecule has 1 aliphatic heterocycles. The van der Waals surface area contributed by atoms with Gasteiger partial charge in [0.1, 0.15) is 17.6 Å². The number of aryl methyl sites for hydroxylation is 1. The number of nitro groups is 1. The Hall–Kier alpha value is -4.26. The van der Waals surface area contributed by atoms with Gasteiger partial charge in [-0.05, 0) is 42.4 Å². The highest BCUT2D eigenvalue weighted by molar-refractivity contribution is 7.99. The van der Waals surface area contributed by atoms with E-state index in [1.807, 2.05) is 0 Å². The molecule has 1 N–H and O–H groups in total. The number of carbonyl (C=O) groups is 2. The minimum Gasteiger partial charge on any atom is -0.497 e. The van der Waals surface area contributed by atoms with E-state index < -0.39 is 22.4 Å². The van der Waals surface area contributed by atoms with Crippen LogP contribution in [0.4, 0.5) is 10.5 Å². The highest BCUT2D eigenvalue weighted by Crippen LogP contribution is 2.34. The fraction of sp³-hybridized carbons (Fsp3) is 0.190. The number of imide groups is 1. The summed E-state index contributed by atoms with van der Waals surface area (Å²) in [5, 5.41) is 27.1. The van der Waals surface area contributed by atoms with Gasteiger partial charge < -0.3 is 14.6 Å². The molecule has 0 spiro atoms. The first-order valence-corrected chi connectivity index (χ1v) is 10.7. The van der Waals surface area contributed by atoms with Gasteiger partial charge in [-0.2, -0.15) is 5.10 Å². The van der Waals surface area contributed by atoms with Crippen LogP contribution in [0.2, 0.25) is 0 Å². The number of hydrogen-bond donors (Lipinski definition) is 1. The van der Waals surface area contributed by atoms with Crippen molar-refractivity contribution in [2.75, 3.05) is 7.11 Å². The average molecular weight is 481 g/mol. The Balaban J connectivity index is 1.57. The van der Waals surface area contributed by atoms with Crippen LogP contribution in [0.5, 0.6) is 5.75 Å². The van der Waals surface area contributed by atoms with Gasteiger partial charge in [-0.3, -0.25) is 14.9 Å². The first-order chi connectivity index (χ1) is 16.2. The van der Waals surface area contributed by atoms with E-state index in [1.54, 1.807) is 54.9 Å². The van der Waals surface area contributed by atoms with Crippen molar-refractivity contribution in [3.63, 3.8) is 0 Å². The molecule has 1 fully saturated rings. The number of ether oxygens (including phenoxy) is 1. The number of rotatable bonds is 7. The van der Waals surface area contributed by atoms with Crippen LogP contribution in [0.1, 0.15) is 18.1 Å². The maximum absolute atomic E-state index is 13.0. The fourth-order valence-electron chi connectivity index (χ4n) is 3.28. The smallest absolute Gasteiger partial charge is 0.346 e. The highest BCUT2D eigenvalue weighted by Gasteiger charge is 2.49. The summed E-state index contributed by atoms with van der Waals surface area (Å²) in [5.41, 5.74) is -0.585. The topological polar surface area (TPSA) is 145 Å². The van der Waals surface area contributed by atoms with Gasteiger partial charge in [0, 0.05) is 18.7 Å². The molecule has 12 nitrogen and oxygen atoms in total. The third kappa shape index (κ3) is 4.20. The number of benzene rings is 2. The molecule has 1 saturated heterocycles. The minimum absolute atomic E-state index is 0.169. The molecule has 3 aromatic rings. The zero-order valence-electron chi connectivity index (χ0n) is 18.3. The number of urea groups is 1. The predicted molar refractivity (Wildman–Crippen MR) is 122 cm³/mol. The molecule has 1 atom stereocenters. The fourth-order valence-corrected chi connectivity index (χ4v) is 4.13. The van der Waals surface area contributed by atoms with E-state index in [4.69, 9.17) is 4.74 Å². The average Bonchev–Trinajstić information content (AvgIpc) is 3.32. The lowest BCUT2D eigenvalue weighted by atomic mass is 9.92. The summed E-state index contributed by atoms with van der Waals surface area (Å²) in [5.74, 6) is 0.0317. The van der Waals surface area contributed by atoms with Crippen molar-refractivity contribution < 1.29 is 19.2 Å². The molecule has 1 unspecified atom stereocenters. The summed E-state index contributed by atoms with van der Waals surface area (Å²) in [7, 11) is 3.26. The van der Waals surface area contributed by atoms with Crippen LogP contribution in [0.25, 0.3) is 0 Å². The zero-order valence-corrected chi connectivity index (χ0v) is 19.1. The lowest BCUT2D eigenvalue weighted by Crippen LogP contribution is -2.40. The largest absolute Gasteiger partial charge is 0.497 e. The van der Waals surface area contributed by atoms with E-state index in [0.717, 1.165) is 11.8 Å². The van der Waals surface area contributed by atoms with Crippen LogP contribution >= 0.6 is 11.8 Å². The van der Waals surface area contributed by atoms with Crippen molar-refractivity contribution in [3.8, 4) is 5.75 Å². The first kappa shape index (κ1) is 22.9. The van der Waals surface area contributed by atoms with E-state index in [0.29, 0.717) is 31.9 Å². The summed E-state index contributed by atoms with van der Waals surface area (Å²) in [4.78, 5) is 37.0. The Kier molecular flexibility index (Phi) is 6.03. The molecular weight excluding hydrogens is 462 g/mol. The molecule has 34 heavy (non-hydrogen) atoms. The number of hydrazone groups is 1. The number of nitro benzene ring substituents is 1. The number of amides is 3. The van der Waals surface area contributed by atoms with Crippen molar-refractivity contribution in [1.29, 1.82) is 0 Å². The second-order valence-corrected chi connectivity index (χ2v) is 8.47. The van der Waals surface area contributed by atoms with Gasteiger partial charge in [0.05, 0.1) is 23.1 Å². The van der Waals surface area contributed by atoms with Gasteiger partial charge in [-0.15, -0.1) is 15.2 Å². The van der Waals surface area contributed by atoms with Crippen molar-refractivity contribution in [2.24, 2.45) is 12.1 Å². The molecule has 4 rings (SSSR count). The quantitative estimate of drug-likeness (QED) is 0.235. The number of carbonyl (C=O) groups excluding carboxylic acids is 2. The van der Waals surface area contributed by atoms with E-state index in [9.17, 15) is 19.7 Å². The Morgan fingerprint density at radius 3 is 2.59 bits per heavy atom. The van der Waals surface area contributed by atoms with Crippen LogP contribution in [-0.4, -0.2) is 50.0 Å². The van der Waals surface area contributed by atoms with Crippen molar-refractivity contribution in [2.45, 2.75) is 22.5 Å². The molecule has 2 heterocycles. The Labute approximate surface area is 197 Å². The molecular formula is C21H19N7O5S. The summed E-state index contributed by atoms with van der Waals surface area (Å²) < 4.78 is 6.77. The summed E-state index contributed by atoms with van der Waals surface area (Å²) >= 11 is 1.09. The number of aromatic nitrogens is 3. The minimum atomic E-state index is -1.32. The van der Waals surface area contributed by atoms with Gasteiger partial charge in [0.15, 0.2) is 5.16 Å². The standard InChI is InChI=1S/C21H19N7O5S/c1-21(14-5-7-15(33-3)8-6-14)18(29)27(19(30)24-21)23-11-13-4-9-17(16(10-13)28(31)32)34-20-25-22-12-26(20)2/h4-12H,1-3H3,(H,24,30). The molecule has 0 bridgehead atoms. The number of nitrogens with one attached hydrogen (secondary N) is 1. The van der Waals surface area contributed by atoms with Gasteiger partial charge in [-0.25, -0.2) is 4.79 Å². The lowest BCUT2D eigenvalue weighted by Gasteiger charge is -2.21. The molecule has 0 radical (unpaired) electrons. The maximum Gasteiger partial charge on any atom is 0.346 e. The van der Waals surface area contributed by atoms with Crippen LogP contribution in [0.15, 0.2) is 63.9 Å². The second kappa shape index (κ2) is 8.94. The molecule has 0 aliphatic carbocycles. The van der Waals surface area contributed by atoms with E-state index in [-0.39, 0.29) is 5.69 Å². The van der Waals surface area contributed by atoms with E-state index >= 15 is 0 Å². The molecule has 13 heteroatoms. The predicted octanol–water partition coefficient (Wildman–Crippen LogP) is 2.68. The number of nitrogens with zero attached hydrogens (tertiary/aromatic N) is 6. The molecule has 1 aliphatic rings. The first-order valence-electron chi connectivity index (χ1n) is 9.88. The van der Waals surface area contributed by atoms with Crippen LogP contribution in [0.3, 0.4) is 0 Å². The Morgan fingerprint density at radius 2 is 1.97 bits per heavy atom. The Morgan fingerprint density at radius 1 is 1.24 bits per heavy atom. The van der Waals surface area contributed by atoms with Crippen LogP contribution in [-0.2, 0) is 17.4 Å². The normalized spacial score (nSPS) is 17.9. The van der Waals surface area contributed by atoms with Crippen molar-refractivity contribution >= 4 is 35.6 Å². The third-order valence-corrected chi connectivity index (χ3v) is 6.33. The van der Waals surface area contributed by atoms with Gasteiger partial charge in [-0.1, -0.05) is 18.2 Å². The molecule has 1 aromatic heterocycles. The number of methoxy groups -OCH3 is 1. The van der Waals surface area contributed by atoms with Crippen molar-refractivity contribution in [3.05, 3.63) is 70.0 Å². The molecule has 0 saturated carbocycles. The van der Waals surface area contributed by atoms with E-state index in [2.05, 4.69) is 20.6 Å². The van der Waals surface area contributed by atoms with Gasteiger partial charge in [0.2, 0.25) is 0 Å². The van der Waals surface area contributed by atoms with Crippen LogP contribution in [0, 0.1) is 10.1 Å². The monoisotopic (exact) mass is 481 g/mol. The SMILES string of the molecule is COc1ccc(C2(C)NC(=O)N(N=Cc3ccc(Sc4nncn4C)c([N+](=O)[O-])c3)C2=O)cc1. The van der Waals surface area contributed by atoms with Gasteiger partial charge in [0.25, 0.3) is 11.6 Å². The van der Waals surface area contributed by atoms with Crippen LogP contribution < -0.4 is 10.1 Å². The highest BCUT2D eigenvalue weighted by atomic mass is 32.2. The van der Waals surface area contributed by atoms with Crippen molar-refractivity contribution in [1.82, 2.24) is 25.1 Å². The molecule has 3 amide bonds. The zero-order chi connectivity index (χ0) is 24.5. The lowest BCUT2D eigenvalue weighted by molar-refractivity contribution is -0.387. The Bertz CT molecular complexity index is 1310. The molecule has 174 valence electrons. The maximum atomic E-state index is 13.0. The molecule has 2 aromatic carbocycles. The van der Waals surface area contributed by atoms with E-state index in [1.165, 1.54) is 25.7 Å². The third-order valence-electron chi connectivity index (χ3n) is 5.21. The van der Waals surface area contributed by atoms with Gasteiger partial charge >= 0.3 is 6.03 Å². The summed E-state index contributed by atoms with van der Waals surface area (Å²) in [6.45, 7) is 1.58. The summed E-state index contributed by atoms with van der Waals surface area (Å²) in [6, 6.07) is 10.5.